The maximum absolute atomic E-state index is 6.08. The highest BCUT2D eigenvalue weighted by atomic mass is 15.5. The summed E-state index contributed by atoms with van der Waals surface area (Å²) in [6.45, 7) is 5.12. The molecule has 0 aliphatic carbocycles. The third-order valence-electron chi connectivity index (χ3n) is 3.78. The predicted molar refractivity (Wildman–Crippen MR) is 85.8 cm³/mol. The van der Waals surface area contributed by atoms with Gasteiger partial charge < -0.3 is 5.73 Å². The second-order valence-electron chi connectivity index (χ2n) is 5.53. The number of rotatable bonds is 8. The van der Waals surface area contributed by atoms with Crippen molar-refractivity contribution in [1.29, 1.82) is 0 Å². The lowest BCUT2D eigenvalue weighted by Crippen LogP contribution is -2.05. The zero-order chi connectivity index (χ0) is 15.1. The molecule has 5 nitrogen and oxygen atoms in total. The van der Waals surface area contributed by atoms with Crippen LogP contribution in [-0.2, 0) is 6.54 Å². The highest BCUT2D eigenvalue weighted by Gasteiger charge is 2.13. The second kappa shape index (κ2) is 7.76. The van der Waals surface area contributed by atoms with E-state index < -0.39 is 0 Å². The average molecular weight is 287 g/mol. The van der Waals surface area contributed by atoms with Crippen LogP contribution in [0.25, 0.3) is 11.4 Å². The number of hydrogen-bond donors (Lipinski definition) is 1. The SMILES string of the molecule is CCCCCCCCn1nnnc1-c1c(C)cccc1N. The van der Waals surface area contributed by atoms with Gasteiger partial charge in [0.2, 0.25) is 0 Å². The van der Waals surface area contributed by atoms with Crippen LogP contribution in [0, 0.1) is 6.92 Å². The summed E-state index contributed by atoms with van der Waals surface area (Å²) in [5.41, 5.74) is 8.87. The predicted octanol–water partition coefficient (Wildman–Crippen LogP) is 3.59. The van der Waals surface area contributed by atoms with Crippen LogP contribution >= 0.6 is 0 Å². The molecule has 0 saturated carbocycles. The van der Waals surface area contributed by atoms with E-state index in [-0.39, 0.29) is 0 Å². The smallest absolute Gasteiger partial charge is 0.184 e. The molecule has 2 N–H and O–H groups in total. The Balaban J connectivity index is 1.99. The number of unbranched alkanes of at least 4 members (excludes halogenated alkanes) is 5. The molecule has 2 aromatic rings. The van der Waals surface area contributed by atoms with Gasteiger partial charge in [-0.25, -0.2) is 4.68 Å². The Morgan fingerprint density at radius 1 is 1.10 bits per heavy atom. The molecule has 0 saturated heterocycles. The van der Waals surface area contributed by atoms with E-state index >= 15 is 0 Å². The molecule has 0 radical (unpaired) electrons. The minimum Gasteiger partial charge on any atom is -0.398 e. The summed E-state index contributed by atoms with van der Waals surface area (Å²) >= 11 is 0. The molecule has 1 aromatic heterocycles. The van der Waals surface area contributed by atoms with Crippen molar-refractivity contribution in [3.05, 3.63) is 23.8 Å². The summed E-state index contributed by atoms with van der Waals surface area (Å²) in [6.07, 6.45) is 7.55. The molecule has 0 unspecified atom stereocenters. The molecule has 0 amide bonds. The fourth-order valence-electron chi connectivity index (χ4n) is 2.57. The molecular formula is C16H25N5. The van der Waals surface area contributed by atoms with Crippen molar-refractivity contribution in [3.8, 4) is 11.4 Å². The summed E-state index contributed by atoms with van der Waals surface area (Å²) < 4.78 is 1.87. The van der Waals surface area contributed by atoms with Crippen molar-refractivity contribution in [1.82, 2.24) is 20.2 Å². The van der Waals surface area contributed by atoms with E-state index in [0.29, 0.717) is 0 Å². The molecule has 0 aliphatic rings. The number of tetrazole rings is 1. The number of nitrogens with two attached hydrogens (primary N) is 1. The Labute approximate surface area is 126 Å². The van der Waals surface area contributed by atoms with Crippen molar-refractivity contribution in [2.24, 2.45) is 0 Å². The zero-order valence-electron chi connectivity index (χ0n) is 13.0. The highest BCUT2D eigenvalue weighted by Crippen LogP contribution is 2.27. The number of nitrogen functional groups attached to an aromatic ring is 1. The molecule has 0 atom stereocenters. The Morgan fingerprint density at radius 2 is 1.86 bits per heavy atom. The number of anilines is 1. The Morgan fingerprint density at radius 3 is 2.62 bits per heavy atom. The molecule has 0 fully saturated rings. The lowest BCUT2D eigenvalue weighted by Gasteiger charge is -2.09. The normalized spacial score (nSPS) is 11.0. The molecule has 114 valence electrons. The van der Waals surface area contributed by atoms with Crippen molar-refractivity contribution in [3.63, 3.8) is 0 Å². The summed E-state index contributed by atoms with van der Waals surface area (Å²) in [4.78, 5) is 0. The maximum atomic E-state index is 6.08. The van der Waals surface area contributed by atoms with Crippen molar-refractivity contribution in [2.45, 2.75) is 58.9 Å². The van der Waals surface area contributed by atoms with Gasteiger partial charge in [-0.3, -0.25) is 0 Å². The molecule has 1 aromatic carbocycles. The second-order valence-corrected chi connectivity index (χ2v) is 5.53. The van der Waals surface area contributed by atoms with E-state index in [1.54, 1.807) is 0 Å². The van der Waals surface area contributed by atoms with Gasteiger partial charge in [-0.2, -0.15) is 0 Å². The molecule has 21 heavy (non-hydrogen) atoms. The fraction of sp³-hybridized carbons (Fsp3) is 0.562. The van der Waals surface area contributed by atoms with Gasteiger partial charge in [-0.1, -0.05) is 51.2 Å². The zero-order valence-corrected chi connectivity index (χ0v) is 13.0. The summed E-state index contributed by atoms with van der Waals surface area (Å²) in [5, 5.41) is 12.1. The molecule has 0 spiro atoms. The van der Waals surface area contributed by atoms with E-state index in [4.69, 9.17) is 5.73 Å². The van der Waals surface area contributed by atoms with E-state index in [0.717, 1.165) is 35.6 Å². The number of benzene rings is 1. The molecular weight excluding hydrogens is 262 g/mol. The first-order valence-corrected chi connectivity index (χ1v) is 7.85. The van der Waals surface area contributed by atoms with Crippen LogP contribution in [0.15, 0.2) is 18.2 Å². The highest BCUT2D eigenvalue weighted by molar-refractivity contribution is 5.74. The number of hydrogen-bond acceptors (Lipinski definition) is 4. The van der Waals surface area contributed by atoms with Crippen LogP contribution in [-0.4, -0.2) is 20.2 Å². The molecule has 5 heteroatoms. The fourth-order valence-corrected chi connectivity index (χ4v) is 2.57. The van der Waals surface area contributed by atoms with Crippen LogP contribution < -0.4 is 5.73 Å². The minimum atomic E-state index is 0.731. The summed E-state index contributed by atoms with van der Waals surface area (Å²) in [6, 6.07) is 5.89. The van der Waals surface area contributed by atoms with Gasteiger partial charge in [-0.15, -0.1) is 5.10 Å². The van der Waals surface area contributed by atoms with Crippen molar-refractivity contribution < 1.29 is 0 Å². The van der Waals surface area contributed by atoms with E-state index in [1.165, 1.54) is 32.1 Å². The van der Waals surface area contributed by atoms with Gasteiger partial charge in [0.15, 0.2) is 5.82 Å². The minimum absolute atomic E-state index is 0.731. The lowest BCUT2D eigenvalue weighted by molar-refractivity contribution is 0.519. The average Bonchev–Trinajstić information content (AvgIpc) is 2.91. The maximum Gasteiger partial charge on any atom is 0.184 e. The Kier molecular flexibility index (Phi) is 5.72. The number of aryl methyl sites for hydroxylation is 2. The molecule has 0 bridgehead atoms. The topological polar surface area (TPSA) is 69.6 Å². The number of aromatic nitrogens is 4. The quantitative estimate of drug-likeness (QED) is 0.595. The monoisotopic (exact) mass is 287 g/mol. The summed E-state index contributed by atoms with van der Waals surface area (Å²) in [7, 11) is 0. The van der Waals surface area contributed by atoms with Gasteiger partial charge in [0.25, 0.3) is 0 Å². The van der Waals surface area contributed by atoms with Gasteiger partial charge in [0, 0.05) is 17.8 Å². The van der Waals surface area contributed by atoms with E-state index in [9.17, 15) is 0 Å². The largest absolute Gasteiger partial charge is 0.398 e. The first-order chi connectivity index (χ1) is 10.2. The lowest BCUT2D eigenvalue weighted by atomic mass is 10.1. The standard InChI is InChI=1S/C16H25N5/c1-3-4-5-6-7-8-12-21-16(18-19-20-21)15-13(2)10-9-11-14(15)17/h9-11H,3-8,12,17H2,1-2H3. The van der Waals surface area contributed by atoms with Gasteiger partial charge >= 0.3 is 0 Å². The number of nitrogens with zero attached hydrogens (tertiary/aromatic N) is 4. The van der Waals surface area contributed by atoms with E-state index in [1.807, 2.05) is 29.8 Å². The van der Waals surface area contributed by atoms with E-state index in [2.05, 4.69) is 22.4 Å². The van der Waals surface area contributed by atoms with Gasteiger partial charge in [-0.05, 0) is 35.4 Å². The molecule has 0 aliphatic heterocycles. The van der Waals surface area contributed by atoms with Gasteiger partial charge in [0.1, 0.15) is 0 Å². The Hall–Kier alpha value is -1.91. The third-order valence-corrected chi connectivity index (χ3v) is 3.78. The van der Waals surface area contributed by atoms with Crippen LogP contribution in [0.4, 0.5) is 5.69 Å². The van der Waals surface area contributed by atoms with Gasteiger partial charge in [0.05, 0.1) is 0 Å². The van der Waals surface area contributed by atoms with Crippen LogP contribution in [0.5, 0.6) is 0 Å². The molecule has 1 heterocycles. The Bertz CT molecular complexity index is 541. The van der Waals surface area contributed by atoms with Crippen LogP contribution in [0.1, 0.15) is 51.0 Å². The summed E-state index contributed by atoms with van der Waals surface area (Å²) in [5.74, 6) is 0.777. The third kappa shape index (κ3) is 4.03. The van der Waals surface area contributed by atoms with Crippen LogP contribution in [0.3, 0.4) is 0 Å². The van der Waals surface area contributed by atoms with Crippen LogP contribution in [0.2, 0.25) is 0 Å². The first-order valence-electron chi connectivity index (χ1n) is 7.85. The first kappa shape index (κ1) is 15.5. The van der Waals surface area contributed by atoms with Crippen molar-refractivity contribution >= 4 is 5.69 Å². The van der Waals surface area contributed by atoms with Crippen molar-refractivity contribution in [2.75, 3.05) is 5.73 Å². The molecule has 2 rings (SSSR count).